The fourth-order valence-electron chi connectivity index (χ4n) is 2.56. The van der Waals surface area contributed by atoms with Crippen molar-refractivity contribution < 1.29 is 0 Å². The Hall–Kier alpha value is -1.56. The summed E-state index contributed by atoms with van der Waals surface area (Å²) in [6, 6.07) is 15.2. The largest absolute Gasteiger partial charge is 0.0622 e. The highest BCUT2D eigenvalue weighted by Crippen LogP contribution is 2.32. The Morgan fingerprint density at radius 3 is 1.89 bits per heavy atom. The van der Waals surface area contributed by atoms with Gasteiger partial charge >= 0.3 is 0 Å². The number of benzene rings is 2. The molecular weight excluding hydrogens is 216 g/mol. The molecule has 18 heavy (non-hydrogen) atoms. The standard InChI is InChI=1S/C18H22/c1-13-14(2)17(18(3,4)5)12-11-16(13)15-9-7-6-8-10-15/h6-12H,1-5H3. The zero-order chi connectivity index (χ0) is 13.3. The highest BCUT2D eigenvalue weighted by atomic mass is 14.2. The molecule has 0 heterocycles. The molecule has 0 aliphatic heterocycles. The molecule has 0 fully saturated rings. The van der Waals surface area contributed by atoms with Crippen LogP contribution in [0.3, 0.4) is 0 Å². The van der Waals surface area contributed by atoms with Gasteiger partial charge in [0.15, 0.2) is 0 Å². The normalized spacial score (nSPS) is 11.6. The molecule has 0 aromatic heterocycles. The van der Waals surface area contributed by atoms with Crippen molar-refractivity contribution in [2.45, 2.75) is 40.0 Å². The van der Waals surface area contributed by atoms with E-state index in [2.05, 4.69) is 77.1 Å². The van der Waals surface area contributed by atoms with Crippen molar-refractivity contribution in [2.75, 3.05) is 0 Å². The summed E-state index contributed by atoms with van der Waals surface area (Å²) in [6.07, 6.45) is 0. The second kappa shape index (κ2) is 4.61. The van der Waals surface area contributed by atoms with Gasteiger partial charge in [0.2, 0.25) is 0 Å². The Labute approximate surface area is 111 Å². The van der Waals surface area contributed by atoms with Gasteiger partial charge in [0, 0.05) is 0 Å². The first-order chi connectivity index (χ1) is 8.41. The first kappa shape index (κ1) is 12.9. The van der Waals surface area contributed by atoms with Crippen molar-refractivity contribution in [1.82, 2.24) is 0 Å². The predicted octanol–water partition coefficient (Wildman–Crippen LogP) is 5.27. The van der Waals surface area contributed by atoms with E-state index in [4.69, 9.17) is 0 Å². The molecule has 0 N–H and O–H groups in total. The summed E-state index contributed by atoms with van der Waals surface area (Å²) in [5.74, 6) is 0. The van der Waals surface area contributed by atoms with Gasteiger partial charge in [-0.05, 0) is 47.1 Å². The van der Waals surface area contributed by atoms with Gasteiger partial charge < -0.3 is 0 Å². The fourth-order valence-corrected chi connectivity index (χ4v) is 2.56. The van der Waals surface area contributed by atoms with Crippen LogP contribution in [-0.2, 0) is 5.41 Å². The third-order valence-electron chi connectivity index (χ3n) is 3.68. The molecule has 0 unspecified atom stereocenters. The lowest BCUT2D eigenvalue weighted by Gasteiger charge is -2.24. The highest BCUT2D eigenvalue weighted by molar-refractivity contribution is 5.69. The minimum Gasteiger partial charge on any atom is -0.0622 e. The maximum absolute atomic E-state index is 2.28. The molecule has 0 radical (unpaired) electrons. The summed E-state index contributed by atoms with van der Waals surface area (Å²) in [4.78, 5) is 0. The Kier molecular flexibility index (Phi) is 3.30. The molecule has 2 aromatic carbocycles. The fraction of sp³-hybridized carbons (Fsp3) is 0.333. The lowest BCUT2D eigenvalue weighted by Crippen LogP contribution is -2.13. The van der Waals surface area contributed by atoms with Gasteiger partial charge in [-0.2, -0.15) is 0 Å². The lowest BCUT2D eigenvalue weighted by molar-refractivity contribution is 0.585. The van der Waals surface area contributed by atoms with E-state index in [1.807, 2.05) is 0 Å². The van der Waals surface area contributed by atoms with E-state index >= 15 is 0 Å². The highest BCUT2D eigenvalue weighted by Gasteiger charge is 2.18. The minimum atomic E-state index is 0.212. The van der Waals surface area contributed by atoms with Gasteiger partial charge in [0.1, 0.15) is 0 Å². The van der Waals surface area contributed by atoms with E-state index in [9.17, 15) is 0 Å². The zero-order valence-electron chi connectivity index (χ0n) is 12.0. The molecule has 0 atom stereocenters. The summed E-state index contributed by atoms with van der Waals surface area (Å²) in [6.45, 7) is 11.3. The Bertz CT molecular complexity index is 542. The van der Waals surface area contributed by atoms with Crippen molar-refractivity contribution in [3.8, 4) is 11.1 Å². The molecule has 0 amide bonds. The summed E-state index contributed by atoms with van der Waals surface area (Å²) < 4.78 is 0. The molecule has 0 bridgehead atoms. The molecule has 0 aliphatic rings. The van der Waals surface area contributed by atoms with Crippen LogP contribution >= 0.6 is 0 Å². The SMILES string of the molecule is Cc1c(-c2ccccc2)ccc(C(C)(C)C)c1C. The first-order valence-corrected chi connectivity index (χ1v) is 6.57. The molecule has 0 spiro atoms. The first-order valence-electron chi connectivity index (χ1n) is 6.57. The quantitative estimate of drug-likeness (QED) is 0.635. The van der Waals surface area contributed by atoms with Gasteiger partial charge in [0.05, 0.1) is 0 Å². The van der Waals surface area contributed by atoms with Crippen molar-refractivity contribution in [3.05, 3.63) is 59.2 Å². The maximum Gasteiger partial charge on any atom is -0.0129 e. The van der Waals surface area contributed by atoms with Crippen LogP contribution in [0, 0.1) is 13.8 Å². The van der Waals surface area contributed by atoms with E-state index in [1.54, 1.807) is 0 Å². The van der Waals surface area contributed by atoms with Crippen molar-refractivity contribution in [3.63, 3.8) is 0 Å². The van der Waals surface area contributed by atoms with E-state index in [0.717, 1.165) is 0 Å². The average Bonchev–Trinajstić information content (AvgIpc) is 2.32. The lowest BCUT2D eigenvalue weighted by atomic mass is 9.81. The third-order valence-corrected chi connectivity index (χ3v) is 3.68. The smallest absolute Gasteiger partial charge is 0.0129 e. The summed E-state index contributed by atoms with van der Waals surface area (Å²) >= 11 is 0. The van der Waals surface area contributed by atoms with Gasteiger partial charge in [-0.15, -0.1) is 0 Å². The van der Waals surface area contributed by atoms with E-state index in [0.29, 0.717) is 0 Å². The van der Waals surface area contributed by atoms with Gasteiger partial charge in [-0.25, -0.2) is 0 Å². The van der Waals surface area contributed by atoms with Crippen LogP contribution in [0.5, 0.6) is 0 Å². The molecule has 0 nitrogen and oxygen atoms in total. The van der Waals surface area contributed by atoms with Crippen LogP contribution < -0.4 is 0 Å². The van der Waals surface area contributed by atoms with Gasteiger partial charge in [-0.1, -0.05) is 63.2 Å². The van der Waals surface area contributed by atoms with E-state index in [-0.39, 0.29) is 5.41 Å². The Balaban J connectivity index is 2.58. The number of hydrogen-bond acceptors (Lipinski definition) is 0. The van der Waals surface area contributed by atoms with Crippen LogP contribution in [0.15, 0.2) is 42.5 Å². The van der Waals surface area contributed by atoms with Gasteiger partial charge in [-0.3, -0.25) is 0 Å². The molecule has 0 saturated carbocycles. The van der Waals surface area contributed by atoms with Crippen molar-refractivity contribution in [2.24, 2.45) is 0 Å². The Morgan fingerprint density at radius 2 is 1.33 bits per heavy atom. The van der Waals surface area contributed by atoms with Crippen LogP contribution in [0.25, 0.3) is 11.1 Å². The average molecular weight is 238 g/mol. The predicted molar refractivity (Wildman–Crippen MR) is 80.1 cm³/mol. The topological polar surface area (TPSA) is 0 Å². The molecule has 0 saturated heterocycles. The monoisotopic (exact) mass is 238 g/mol. The number of hydrogen-bond donors (Lipinski definition) is 0. The Morgan fingerprint density at radius 1 is 0.722 bits per heavy atom. The van der Waals surface area contributed by atoms with Crippen LogP contribution in [0.4, 0.5) is 0 Å². The zero-order valence-corrected chi connectivity index (χ0v) is 12.0. The number of rotatable bonds is 1. The van der Waals surface area contributed by atoms with Crippen LogP contribution in [0.2, 0.25) is 0 Å². The van der Waals surface area contributed by atoms with Gasteiger partial charge in [0.25, 0.3) is 0 Å². The van der Waals surface area contributed by atoms with Crippen LogP contribution in [-0.4, -0.2) is 0 Å². The molecular formula is C18H22. The minimum absolute atomic E-state index is 0.212. The van der Waals surface area contributed by atoms with Crippen LogP contribution in [0.1, 0.15) is 37.5 Å². The van der Waals surface area contributed by atoms with E-state index < -0.39 is 0 Å². The summed E-state index contributed by atoms with van der Waals surface area (Å²) in [5, 5.41) is 0. The summed E-state index contributed by atoms with van der Waals surface area (Å²) in [7, 11) is 0. The summed E-state index contributed by atoms with van der Waals surface area (Å²) in [5.41, 5.74) is 7.13. The van der Waals surface area contributed by atoms with Crippen molar-refractivity contribution >= 4 is 0 Å². The third kappa shape index (κ3) is 2.33. The van der Waals surface area contributed by atoms with E-state index in [1.165, 1.54) is 27.8 Å². The maximum atomic E-state index is 2.28. The molecule has 94 valence electrons. The molecule has 0 heteroatoms. The van der Waals surface area contributed by atoms with Crippen molar-refractivity contribution in [1.29, 1.82) is 0 Å². The molecule has 0 aliphatic carbocycles. The second-order valence-corrected chi connectivity index (χ2v) is 6.03. The second-order valence-electron chi connectivity index (χ2n) is 6.03. The molecule has 2 aromatic rings. The molecule has 2 rings (SSSR count).